The number of carbonyl (C=O) groups is 1. The standard InChI is InChI=1S/C17H14N2O3/c1-10(20)19-15-6-5-14-13(7-8-18-16(14)17(15)22)11-3-2-4-12(21)9-11/h2-9,21-22H,1H3,(H,19,20). The van der Waals surface area contributed by atoms with Gasteiger partial charge in [-0.05, 0) is 41.5 Å². The van der Waals surface area contributed by atoms with E-state index in [4.69, 9.17) is 0 Å². The lowest BCUT2D eigenvalue weighted by molar-refractivity contribution is -0.114. The van der Waals surface area contributed by atoms with Gasteiger partial charge in [-0.1, -0.05) is 12.1 Å². The van der Waals surface area contributed by atoms with Gasteiger partial charge in [0, 0.05) is 18.5 Å². The summed E-state index contributed by atoms with van der Waals surface area (Å²) < 4.78 is 0. The molecule has 0 unspecified atom stereocenters. The van der Waals surface area contributed by atoms with Gasteiger partial charge in [-0.25, -0.2) is 0 Å². The Morgan fingerprint density at radius 3 is 2.68 bits per heavy atom. The average Bonchev–Trinajstić information content (AvgIpc) is 2.49. The van der Waals surface area contributed by atoms with E-state index in [2.05, 4.69) is 10.3 Å². The number of aromatic hydroxyl groups is 2. The van der Waals surface area contributed by atoms with E-state index < -0.39 is 0 Å². The zero-order chi connectivity index (χ0) is 15.7. The van der Waals surface area contributed by atoms with E-state index >= 15 is 0 Å². The van der Waals surface area contributed by atoms with E-state index in [1.54, 1.807) is 36.5 Å². The maximum atomic E-state index is 11.2. The number of carbonyl (C=O) groups excluding carboxylic acids is 1. The van der Waals surface area contributed by atoms with Crippen molar-refractivity contribution in [3.05, 3.63) is 48.7 Å². The second-order valence-electron chi connectivity index (χ2n) is 4.95. The zero-order valence-electron chi connectivity index (χ0n) is 11.9. The molecule has 22 heavy (non-hydrogen) atoms. The molecule has 0 saturated carbocycles. The van der Waals surface area contributed by atoms with Gasteiger partial charge in [0.1, 0.15) is 11.3 Å². The maximum Gasteiger partial charge on any atom is 0.221 e. The highest BCUT2D eigenvalue weighted by atomic mass is 16.3. The first kappa shape index (κ1) is 13.9. The van der Waals surface area contributed by atoms with Crippen molar-refractivity contribution in [2.75, 3.05) is 5.32 Å². The highest BCUT2D eigenvalue weighted by molar-refractivity contribution is 6.02. The molecule has 1 aromatic heterocycles. The molecular weight excluding hydrogens is 280 g/mol. The summed E-state index contributed by atoms with van der Waals surface area (Å²) in [5.74, 6) is -0.171. The highest BCUT2D eigenvalue weighted by Gasteiger charge is 2.12. The van der Waals surface area contributed by atoms with Crippen LogP contribution >= 0.6 is 0 Å². The fourth-order valence-electron chi connectivity index (χ4n) is 2.42. The molecule has 0 spiro atoms. The SMILES string of the molecule is CC(=O)Nc1ccc2c(-c3cccc(O)c3)ccnc2c1O. The van der Waals surface area contributed by atoms with Crippen molar-refractivity contribution in [3.63, 3.8) is 0 Å². The monoisotopic (exact) mass is 294 g/mol. The van der Waals surface area contributed by atoms with Crippen LogP contribution in [0, 0.1) is 0 Å². The second kappa shape index (κ2) is 5.37. The van der Waals surface area contributed by atoms with Crippen LogP contribution in [0.3, 0.4) is 0 Å². The molecule has 110 valence electrons. The Morgan fingerprint density at radius 2 is 1.95 bits per heavy atom. The van der Waals surface area contributed by atoms with Crippen LogP contribution in [-0.4, -0.2) is 21.1 Å². The lowest BCUT2D eigenvalue weighted by atomic mass is 10.0. The molecule has 1 amide bonds. The molecule has 0 fully saturated rings. The summed E-state index contributed by atoms with van der Waals surface area (Å²) >= 11 is 0. The van der Waals surface area contributed by atoms with Crippen molar-refractivity contribution in [2.45, 2.75) is 6.92 Å². The summed E-state index contributed by atoms with van der Waals surface area (Å²) in [4.78, 5) is 15.4. The van der Waals surface area contributed by atoms with Gasteiger partial charge >= 0.3 is 0 Å². The number of anilines is 1. The Kier molecular flexibility index (Phi) is 3.39. The van der Waals surface area contributed by atoms with Crippen molar-refractivity contribution in [2.24, 2.45) is 0 Å². The van der Waals surface area contributed by atoms with E-state index in [9.17, 15) is 15.0 Å². The number of fused-ring (bicyclic) bond motifs is 1. The fourth-order valence-corrected chi connectivity index (χ4v) is 2.42. The van der Waals surface area contributed by atoms with Gasteiger partial charge in [-0.15, -0.1) is 0 Å². The molecule has 0 saturated heterocycles. The first-order chi connectivity index (χ1) is 10.6. The topological polar surface area (TPSA) is 82.5 Å². The number of aromatic nitrogens is 1. The molecule has 2 aromatic carbocycles. The van der Waals surface area contributed by atoms with Gasteiger partial charge in [0.25, 0.3) is 0 Å². The van der Waals surface area contributed by atoms with Crippen LogP contribution in [0.25, 0.3) is 22.0 Å². The number of nitrogens with one attached hydrogen (secondary N) is 1. The third-order valence-electron chi connectivity index (χ3n) is 3.35. The molecule has 0 aliphatic carbocycles. The van der Waals surface area contributed by atoms with Gasteiger partial charge < -0.3 is 15.5 Å². The summed E-state index contributed by atoms with van der Waals surface area (Å²) in [5.41, 5.74) is 2.37. The average molecular weight is 294 g/mol. The van der Waals surface area contributed by atoms with Crippen molar-refractivity contribution < 1.29 is 15.0 Å². The number of hydrogen-bond acceptors (Lipinski definition) is 4. The normalized spacial score (nSPS) is 10.6. The largest absolute Gasteiger partial charge is 0.508 e. The molecule has 0 atom stereocenters. The first-order valence-electron chi connectivity index (χ1n) is 6.74. The van der Waals surface area contributed by atoms with Gasteiger partial charge in [0.05, 0.1) is 5.69 Å². The first-order valence-corrected chi connectivity index (χ1v) is 6.74. The predicted molar refractivity (Wildman–Crippen MR) is 84.8 cm³/mol. The highest BCUT2D eigenvalue weighted by Crippen LogP contribution is 2.36. The number of rotatable bonds is 2. The van der Waals surface area contributed by atoms with E-state index in [0.29, 0.717) is 11.2 Å². The third kappa shape index (κ3) is 2.44. The molecule has 1 heterocycles. The quantitative estimate of drug-likeness (QED) is 0.633. The summed E-state index contributed by atoms with van der Waals surface area (Å²) in [6.45, 7) is 1.38. The molecule has 5 heteroatoms. The maximum absolute atomic E-state index is 11.2. The molecule has 3 N–H and O–H groups in total. The van der Waals surface area contributed by atoms with Crippen molar-refractivity contribution in [3.8, 4) is 22.6 Å². The number of pyridine rings is 1. The van der Waals surface area contributed by atoms with Crippen molar-refractivity contribution in [1.82, 2.24) is 4.98 Å². The Labute approximate surface area is 126 Å². The van der Waals surface area contributed by atoms with Crippen molar-refractivity contribution in [1.29, 1.82) is 0 Å². The van der Waals surface area contributed by atoms with E-state index in [1.807, 2.05) is 12.1 Å². The lowest BCUT2D eigenvalue weighted by Gasteiger charge is -2.11. The molecule has 0 radical (unpaired) electrons. The van der Waals surface area contributed by atoms with Gasteiger partial charge in [-0.2, -0.15) is 0 Å². The number of benzene rings is 2. The lowest BCUT2D eigenvalue weighted by Crippen LogP contribution is -2.06. The molecule has 3 aromatic rings. The predicted octanol–water partition coefficient (Wildman–Crippen LogP) is 3.27. The van der Waals surface area contributed by atoms with E-state index in [1.165, 1.54) is 6.92 Å². The summed E-state index contributed by atoms with van der Waals surface area (Å²) in [6.07, 6.45) is 1.58. The van der Waals surface area contributed by atoms with Crippen LogP contribution in [0.15, 0.2) is 48.7 Å². The molecular formula is C17H14N2O3. The summed E-state index contributed by atoms with van der Waals surface area (Å²) in [6, 6.07) is 12.1. The zero-order valence-corrected chi connectivity index (χ0v) is 11.9. The Bertz CT molecular complexity index is 875. The Hall–Kier alpha value is -3.08. The number of phenolic OH excluding ortho intramolecular Hbond substituents is 2. The minimum Gasteiger partial charge on any atom is -0.508 e. The van der Waals surface area contributed by atoms with Crippen molar-refractivity contribution >= 4 is 22.5 Å². The van der Waals surface area contributed by atoms with E-state index in [-0.39, 0.29) is 17.4 Å². The van der Waals surface area contributed by atoms with Crippen LogP contribution in [0.1, 0.15) is 6.92 Å². The smallest absolute Gasteiger partial charge is 0.221 e. The number of amides is 1. The molecule has 0 aliphatic rings. The second-order valence-corrected chi connectivity index (χ2v) is 4.95. The third-order valence-corrected chi connectivity index (χ3v) is 3.35. The van der Waals surface area contributed by atoms with Crippen LogP contribution in [0.2, 0.25) is 0 Å². The van der Waals surface area contributed by atoms with Crippen LogP contribution in [0.5, 0.6) is 11.5 Å². The number of nitrogens with zero attached hydrogens (tertiary/aromatic N) is 1. The minimum absolute atomic E-state index is 0.0743. The van der Waals surface area contributed by atoms with E-state index in [0.717, 1.165) is 16.5 Å². The molecule has 5 nitrogen and oxygen atoms in total. The fraction of sp³-hybridized carbons (Fsp3) is 0.0588. The molecule has 0 bridgehead atoms. The molecule has 0 aliphatic heterocycles. The Morgan fingerprint density at radius 1 is 1.14 bits per heavy atom. The van der Waals surface area contributed by atoms with Crippen LogP contribution in [-0.2, 0) is 4.79 Å². The van der Waals surface area contributed by atoms with Gasteiger partial charge in [0.2, 0.25) is 5.91 Å². The van der Waals surface area contributed by atoms with Crippen LogP contribution in [0.4, 0.5) is 5.69 Å². The summed E-state index contributed by atoms with van der Waals surface area (Å²) in [5, 5.41) is 23.2. The number of phenols is 2. The van der Waals surface area contributed by atoms with Gasteiger partial charge in [-0.3, -0.25) is 9.78 Å². The van der Waals surface area contributed by atoms with Gasteiger partial charge in [0.15, 0.2) is 5.75 Å². The molecule has 3 rings (SSSR count). The minimum atomic E-state index is -0.265. The number of hydrogen-bond donors (Lipinski definition) is 3. The Balaban J connectivity index is 2.22. The summed E-state index contributed by atoms with van der Waals surface area (Å²) in [7, 11) is 0. The van der Waals surface area contributed by atoms with Crippen LogP contribution < -0.4 is 5.32 Å².